The molecule has 29 heavy (non-hydrogen) atoms. The number of benzene rings is 3. The first kappa shape index (κ1) is 20.3. The fourth-order valence-electron chi connectivity index (χ4n) is 3.04. The van der Waals surface area contributed by atoms with E-state index in [9.17, 15) is 9.59 Å². The number of carbonyl (C=O) groups excluding carboxylic acids is 2. The number of rotatable bonds is 7. The van der Waals surface area contributed by atoms with Crippen LogP contribution in [0.4, 0.5) is 0 Å². The van der Waals surface area contributed by atoms with Gasteiger partial charge in [-0.2, -0.15) is 0 Å². The summed E-state index contributed by atoms with van der Waals surface area (Å²) in [7, 11) is 0. The van der Waals surface area contributed by atoms with Crippen LogP contribution >= 0.6 is 0 Å². The first-order chi connectivity index (χ1) is 13.9. The number of ether oxygens (including phenoxy) is 2. The Morgan fingerprint density at radius 3 is 2.03 bits per heavy atom. The van der Waals surface area contributed by atoms with E-state index in [1.165, 1.54) is 0 Å². The van der Waals surface area contributed by atoms with Crippen molar-refractivity contribution in [3.8, 4) is 16.9 Å². The topological polar surface area (TPSA) is 52.6 Å². The molecule has 0 radical (unpaired) electrons. The summed E-state index contributed by atoms with van der Waals surface area (Å²) < 4.78 is 10.6. The highest BCUT2D eigenvalue weighted by molar-refractivity contribution is 5.99. The lowest BCUT2D eigenvalue weighted by atomic mass is 9.98. The molecule has 3 aromatic carbocycles. The smallest absolute Gasteiger partial charge is 0.344 e. The van der Waals surface area contributed by atoms with Gasteiger partial charge in [0.2, 0.25) is 5.78 Å². The van der Waals surface area contributed by atoms with Crippen molar-refractivity contribution < 1.29 is 19.1 Å². The van der Waals surface area contributed by atoms with Crippen LogP contribution in [-0.2, 0) is 9.53 Å². The van der Waals surface area contributed by atoms with E-state index in [1.807, 2.05) is 75.4 Å². The van der Waals surface area contributed by atoms with E-state index in [-0.39, 0.29) is 19.0 Å². The summed E-state index contributed by atoms with van der Waals surface area (Å²) in [5, 5.41) is 0. The zero-order valence-corrected chi connectivity index (χ0v) is 16.9. The van der Waals surface area contributed by atoms with E-state index in [0.717, 1.165) is 27.8 Å². The summed E-state index contributed by atoms with van der Waals surface area (Å²) in [5.41, 5.74) is 5.80. The van der Waals surface area contributed by atoms with Crippen LogP contribution in [0.2, 0.25) is 0 Å². The summed E-state index contributed by atoms with van der Waals surface area (Å²) in [6.07, 6.45) is 0. The van der Waals surface area contributed by atoms with Gasteiger partial charge in [0.25, 0.3) is 0 Å². The summed E-state index contributed by atoms with van der Waals surface area (Å²) >= 11 is 0. The van der Waals surface area contributed by atoms with Crippen molar-refractivity contribution in [2.45, 2.75) is 20.8 Å². The molecule has 0 bridgehead atoms. The van der Waals surface area contributed by atoms with Gasteiger partial charge in [-0.3, -0.25) is 4.79 Å². The summed E-state index contributed by atoms with van der Waals surface area (Å²) in [6.45, 7) is 5.29. The Hall–Kier alpha value is -3.40. The minimum atomic E-state index is -0.577. The van der Waals surface area contributed by atoms with Crippen LogP contribution in [0.5, 0.6) is 5.75 Å². The molecule has 0 heterocycles. The Kier molecular flexibility index (Phi) is 6.45. The van der Waals surface area contributed by atoms with Gasteiger partial charge in [-0.05, 0) is 66.8 Å². The van der Waals surface area contributed by atoms with Gasteiger partial charge in [0, 0.05) is 5.56 Å². The fraction of sp³-hybridized carbons (Fsp3) is 0.200. The standard InChI is InChI=1S/C25H24O4/c1-17-13-19(3)23(14-18(17)2)24(26)15-29-25(27)16-28-22-11-9-21(10-12-22)20-7-5-4-6-8-20/h4-14H,15-16H2,1-3H3. The Morgan fingerprint density at radius 1 is 0.724 bits per heavy atom. The molecule has 0 amide bonds. The van der Waals surface area contributed by atoms with Gasteiger partial charge in [0.15, 0.2) is 13.2 Å². The van der Waals surface area contributed by atoms with E-state index in [2.05, 4.69) is 0 Å². The molecule has 4 heteroatoms. The average molecular weight is 388 g/mol. The summed E-state index contributed by atoms with van der Waals surface area (Å²) in [6, 6.07) is 21.3. The van der Waals surface area contributed by atoms with Crippen molar-refractivity contribution in [2.75, 3.05) is 13.2 Å². The summed E-state index contributed by atoms with van der Waals surface area (Å²) in [5.74, 6) is -0.226. The van der Waals surface area contributed by atoms with E-state index in [0.29, 0.717) is 11.3 Å². The Labute approximate surface area is 171 Å². The highest BCUT2D eigenvalue weighted by atomic mass is 16.6. The molecule has 0 atom stereocenters. The lowest BCUT2D eigenvalue weighted by Gasteiger charge is -2.10. The lowest BCUT2D eigenvalue weighted by Crippen LogP contribution is -2.20. The second kappa shape index (κ2) is 9.20. The molecule has 0 unspecified atom stereocenters. The fourth-order valence-corrected chi connectivity index (χ4v) is 3.04. The van der Waals surface area contributed by atoms with Crippen LogP contribution in [-0.4, -0.2) is 25.0 Å². The first-order valence-corrected chi connectivity index (χ1v) is 9.49. The maximum absolute atomic E-state index is 12.4. The SMILES string of the molecule is Cc1cc(C)c(C(=O)COC(=O)COc2ccc(-c3ccccc3)cc2)cc1C. The maximum Gasteiger partial charge on any atom is 0.344 e. The molecular formula is C25H24O4. The Balaban J connectivity index is 1.50. The molecule has 3 aromatic rings. The van der Waals surface area contributed by atoms with Crippen LogP contribution in [0, 0.1) is 20.8 Å². The van der Waals surface area contributed by atoms with Crippen LogP contribution in [0.25, 0.3) is 11.1 Å². The average Bonchev–Trinajstić information content (AvgIpc) is 2.74. The van der Waals surface area contributed by atoms with Crippen molar-refractivity contribution in [3.05, 3.63) is 89.0 Å². The summed E-state index contributed by atoms with van der Waals surface area (Å²) in [4.78, 5) is 24.3. The molecule has 0 N–H and O–H groups in total. The van der Waals surface area contributed by atoms with Gasteiger partial charge >= 0.3 is 5.97 Å². The normalized spacial score (nSPS) is 10.4. The van der Waals surface area contributed by atoms with E-state index >= 15 is 0 Å². The lowest BCUT2D eigenvalue weighted by molar-refractivity contribution is -0.144. The number of esters is 1. The molecule has 148 valence electrons. The van der Waals surface area contributed by atoms with Crippen molar-refractivity contribution in [2.24, 2.45) is 0 Å². The number of Topliss-reactive ketones (excluding diaryl/α,β-unsaturated/α-hetero) is 1. The van der Waals surface area contributed by atoms with Gasteiger partial charge in [0.1, 0.15) is 5.75 Å². The van der Waals surface area contributed by atoms with Gasteiger partial charge in [-0.25, -0.2) is 4.79 Å². The largest absolute Gasteiger partial charge is 0.482 e. The monoisotopic (exact) mass is 388 g/mol. The van der Waals surface area contributed by atoms with Crippen molar-refractivity contribution in [1.82, 2.24) is 0 Å². The molecular weight excluding hydrogens is 364 g/mol. The second-order valence-corrected chi connectivity index (χ2v) is 7.01. The Bertz CT molecular complexity index is 1000. The molecule has 4 nitrogen and oxygen atoms in total. The molecule has 3 rings (SSSR count). The van der Waals surface area contributed by atoms with Crippen LogP contribution < -0.4 is 4.74 Å². The molecule has 0 aliphatic rings. The van der Waals surface area contributed by atoms with Crippen molar-refractivity contribution in [1.29, 1.82) is 0 Å². The molecule has 0 aliphatic heterocycles. The minimum Gasteiger partial charge on any atom is -0.482 e. The third-order valence-electron chi connectivity index (χ3n) is 4.82. The van der Waals surface area contributed by atoms with Gasteiger partial charge < -0.3 is 9.47 Å². The van der Waals surface area contributed by atoms with Crippen LogP contribution in [0.15, 0.2) is 66.7 Å². The molecule has 0 fully saturated rings. The quantitative estimate of drug-likeness (QED) is 0.418. The van der Waals surface area contributed by atoms with Crippen molar-refractivity contribution >= 4 is 11.8 Å². The molecule has 0 aromatic heterocycles. The number of aryl methyl sites for hydroxylation is 3. The zero-order chi connectivity index (χ0) is 20.8. The predicted molar refractivity (Wildman–Crippen MR) is 113 cm³/mol. The molecule has 0 saturated heterocycles. The third-order valence-corrected chi connectivity index (χ3v) is 4.82. The highest BCUT2D eigenvalue weighted by Gasteiger charge is 2.14. The van der Waals surface area contributed by atoms with E-state index < -0.39 is 5.97 Å². The van der Waals surface area contributed by atoms with E-state index in [4.69, 9.17) is 9.47 Å². The number of ketones is 1. The number of hydrogen-bond donors (Lipinski definition) is 0. The second-order valence-electron chi connectivity index (χ2n) is 7.01. The number of carbonyl (C=O) groups is 2. The number of hydrogen-bond acceptors (Lipinski definition) is 4. The first-order valence-electron chi connectivity index (χ1n) is 9.49. The third kappa shape index (κ3) is 5.32. The van der Waals surface area contributed by atoms with Crippen LogP contribution in [0.3, 0.4) is 0 Å². The van der Waals surface area contributed by atoms with Gasteiger partial charge in [-0.1, -0.05) is 48.5 Å². The molecule has 0 saturated carbocycles. The van der Waals surface area contributed by atoms with Crippen LogP contribution in [0.1, 0.15) is 27.0 Å². The minimum absolute atomic E-state index is 0.217. The highest BCUT2D eigenvalue weighted by Crippen LogP contribution is 2.22. The van der Waals surface area contributed by atoms with Crippen molar-refractivity contribution in [3.63, 3.8) is 0 Å². The molecule has 0 spiro atoms. The van der Waals surface area contributed by atoms with Gasteiger partial charge in [-0.15, -0.1) is 0 Å². The van der Waals surface area contributed by atoms with Gasteiger partial charge in [0.05, 0.1) is 0 Å². The predicted octanol–water partition coefficient (Wildman–Crippen LogP) is 5.08. The molecule has 0 aliphatic carbocycles. The zero-order valence-electron chi connectivity index (χ0n) is 16.9. The van der Waals surface area contributed by atoms with E-state index in [1.54, 1.807) is 12.1 Å². The maximum atomic E-state index is 12.4. The Morgan fingerprint density at radius 2 is 1.34 bits per heavy atom.